The Labute approximate surface area is 204 Å². The molecule has 8 nitrogen and oxygen atoms in total. The van der Waals surface area contributed by atoms with Crippen LogP contribution in [0.25, 0.3) is 11.1 Å². The van der Waals surface area contributed by atoms with Gasteiger partial charge >= 0.3 is 11.8 Å². The van der Waals surface area contributed by atoms with Crippen molar-refractivity contribution < 1.29 is 14.0 Å². The number of urea groups is 1. The fourth-order valence-electron chi connectivity index (χ4n) is 5.48. The van der Waals surface area contributed by atoms with Crippen molar-refractivity contribution in [1.29, 1.82) is 0 Å². The first-order valence-electron chi connectivity index (χ1n) is 11.3. The van der Waals surface area contributed by atoms with E-state index in [1.54, 1.807) is 24.3 Å². The third kappa shape index (κ3) is 3.75. The molecular formula is C24H22Cl2N4O4. The van der Waals surface area contributed by atoms with Gasteiger partial charge in [-0.05, 0) is 65.6 Å². The van der Waals surface area contributed by atoms with Crippen molar-refractivity contribution in [2.75, 3.05) is 26.2 Å². The summed E-state index contributed by atoms with van der Waals surface area (Å²) < 4.78 is 5.03. The van der Waals surface area contributed by atoms with Gasteiger partial charge in [0.05, 0.1) is 5.52 Å². The molecular weight excluding hydrogens is 479 g/mol. The molecule has 3 aromatic rings. The van der Waals surface area contributed by atoms with Crippen LogP contribution in [0.1, 0.15) is 21.5 Å². The molecule has 0 spiro atoms. The molecule has 176 valence electrons. The third-order valence-electron chi connectivity index (χ3n) is 7.34. The lowest BCUT2D eigenvalue weighted by atomic mass is 10.00. The number of H-pyrrole nitrogens is 1. The van der Waals surface area contributed by atoms with Crippen LogP contribution in [-0.2, 0) is 13.0 Å². The van der Waals surface area contributed by atoms with E-state index in [1.165, 1.54) is 0 Å². The molecule has 0 radical (unpaired) electrons. The van der Waals surface area contributed by atoms with Crippen molar-refractivity contribution in [2.24, 2.45) is 17.8 Å². The predicted octanol–water partition coefficient (Wildman–Crippen LogP) is 3.51. The highest BCUT2D eigenvalue weighted by atomic mass is 35.5. The summed E-state index contributed by atoms with van der Waals surface area (Å²) in [6.45, 7) is 3.16. The van der Waals surface area contributed by atoms with Gasteiger partial charge in [-0.2, -0.15) is 0 Å². The number of nitrogens with zero attached hydrogens (tertiary/aromatic N) is 2. The molecule has 3 aliphatic rings. The number of piperidine rings is 1. The molecule has 10 heteroatoms. The summed E-state index contributed by atoms with van der Waals surface area (Å²) in [5.41, 5.74) is 3.46. The van der Waals surface area contributed by atoms with Crippen LogP contribution in [0.3, 0.4) is 0 Å². The van der Waals surface area contributed by atoms with Gasteiger partial charge in [0.15, 0.2) is 5.58 Å². The zero-order valence-electron chi connectivity index (χ0n) is 18.1. The van der Waals surface area contributed by atoms with Crippen LogP contribution < -0.4 is 11.1 Å². The SMILES string of the molecule is O=C(NCC1[C@H]2CN(C(=O)N3CCc4c(Cl)cc(Cl)cc4C3)C[C@@H]12)c1ccc2[nH]c(=O)oc2c1. The molecule has 0 bridgehead atoms. The Kier molecular flexibility index (Phi) is 5.11. The predicted molar refractivity (Wildman–Crippen MR) is 127 cm³/mol. The van der Waals surface area contributed by atoms with Crippen LogP contribution in [0.5, 0.6) is 0 Å². The summed E-state index contributed by atoms with van der Waals surface area (Å²) in [6, 6.07) is 8.58. The minimum Gasteiger partial charge on any atom is -0.408 e. The number of hydrogen-bond donors (Lipinski definition) is 2. The molecule has 3 atom stereocenters. The Hall–Kier alpha value is -2.97. The van der Waals surface area contributed by atoms with Crippen LogP contribution in [0.4, 0.5) is 4.79 Å². The maximum atomic E-state index is 13.1. The fourth-order valence-corrected chi connectivity index (χ4v) is 6.11. The van der Waals surface area contributed by atoms with Crippen molar-refractivity contribution in [3.63, 3.8) is 0 Å². The largest absolute Gasteiger partial charge is 0.417 e. The number of nitrogens with one attached hydrogen (secondary N) is 2. The van der Waals surface area contributed by atoms with Gasteiger partial charge in [0.2, 0.25) is 0 Å². The van der Waals surface area contributed by atoms with Crippen LogP contribution in [-0.4, -0.2) is 52.9 Å². The Morgan fingerprint density at radius 2 is 1.91 bits per heavy atom. The molecule has 3 heterocycles. The fraction of sp³-hybridized carbons (Fsp3) is 0.375. The van der Waals surface area contributed by atoms with Crippen LogP contribution in [0.15, 0.2) is 39.5 Å². The van der Waals surface area contributed by atoms with E-state index < -0.39 is 5.76 Å². The van der Waals surface area contributed by atoms with Crippen molar-refractivity contribution in [1.82, 2.24) is 20.1 Å². The summed E-state index contributed by atoms with van der Waals surface area (Å²) >= 11 is 12.5. The lowest BCUT2D eigenvalue weighted by Crippen LogP contribution is -2.45. The molecule has 2 aliphatic heterocycles. The first kappa shape index (κ1) is 21.6. The maximum Gasteiger partial charge on any atom is 0.417 e. The van der Waals surface area contributed by atoms with E-state index in [2.05, 4.69) is 10.3 Å². The number of amides is 3. The first-order valence-corrected chi connectivity index (χ1v) is 12.0. The van der Waals surface area contributed by atoms with E-state index >= 15 is 0 Å². The Morgan fingerprint density at radius 1 is 1.12 bits per heavy atom. The van der Waals surface area contributed by atoms with E-state index in [0.29, 0.717) is 77.2 Å². The highest BCUT2D eigenvalue weighted by molar-refractivity contribution is 6.35. The molecule has 2 fully saturated rings. The molecule has 1 aliphatic carbocycles. The Bertz CT molecular complexity index is 1370. The molecule has 1 saturated heterocycles. The molecule has 2 aromatic carbocycles. The normalized spacial score (nSPS) is 23.1. The van der Waals surface area contributed by atoms with Crippen LogP contribution >= 0.6 is 23.2 Å². The second-order valence-electron chi connectivity index (χ2n) is 9.31. The quantitative estimate of drug-likeness (QED) is 0.574. The number of aromatic amines is 1. The van der Waals surface area contributed by atoms with Crippen LogP contribution in [0.2, 0.25) is 10.0 Å². The van der Waals surface area contributed by atoms with Crippen molar-refractivity contribution >= 4 is 46.2 Å². The highest BCUT2D eigenvalue weighted by Gasteiger charge is 2.56. The second kappa shape index (κ2) is 8.06. The van der Waals surface area contributed by atoms with E-state index in [9.17, 15) is 14.4 Å². The summed E-state index contributed by atoms with van der Waals surface area (Å²) in [5.74, 6) is 0.458. The number of aromatic nitrogens is 1. The van der Waals surface area contributed by atoms with Gasteiger partial charge in [-0.15, -0.1) is 0 Å². The Morgan fingerprint density at radius 3 is 2.71 bits per heavy atom. The zero-order valence-corrected chi connectivity index (χ0v) is 19.7. The molecule has 3 amide bonds. The lowest BCUT2D eigenvalue weighted by molar-refractivity contribution is 0.0948. The van der Waals surface area contributed by atoms with Gasteiger partial charge in [-0.25, -0.2) is 9.59 Å². The van der Waals surface area contributed by atoms with E-state index in [0.717, 1.165) is 17.5 Å². The summed E-state index contributed by atoms with van der Waals surface area (Å²) in [6.07, 6.45) is 0.727. The van der Waals surface area contributed by atoms with Crippen molar-refractivity contribution in [2.45, 2.75) is 13.0 Å². The van der Waals surface area contributed by atoms with Crippen LogP contribution in [0, 0.1) is 17.8 Å². The average molecular weight is 501 g/mol. The van der Waals surface area contributed by atoms with Gasteiger partial charge in [0, 0.05) is 48.3 Å². The zero-order chi connectivity index (χ0) is 23.6. The monoisotopic (exact) mass is 500 g/mol. The number of likely N-dealkylation sites (tertiary alicyclic amines) is 1. The average Bonchev–Trinajstić information content (AvgIpc) is 3.11. The summed E-state index contributed by atoms with van der Waals surface area (Å²) in [5, 5.41) is 4.23. The molecule has 1 unspecified atom stereocenters. The van der Waals surface area contributed by atoms with Gasteiger partial charge in [-0.3, -0.25) is 9.78 Å². The topological polar surface area (TPSA) is 98.6 Å². The molecule has 1 aromatic heterocycles. The minimum absolute atomic E-state index is 0.0537. The van der Waals surface area contributed by atoms with E-state index in [4.69, 9.17) is 27.6 Å². The van der Waals surface area contributed by atoms with Gasteiger partial charge in [-0.1, -0.05) is 23.2 Å². The lowest BCUT2D eigenvalue weighted by Gasteiger charge is -2.33. The van der Waals surface area contributed by atoms with E-state index in [-0.39, 0.29) is 11.9 Å². The van der Waals surface area contributed by atoms with Crippen molar-refractivity contribution in [3.8, 4) is 0 Å². The maximum absolute atomic E-state index is 13.1. The van der Waals surface area contributed by atoms with Gasteiger partial charge in [0.25, 0.3) is 5.91 Å². The summed E-state index contributed by atoms with van der Waals surface area (Å²) in [4.78, 5) is 43.3. The van der Waals surface area contributed by atoms with Gasteiger partial charge in [0.1, 0.15) is 0 Å². The molecule has 6 rings (SSSR count). The smallest absolute Gasteiger partial charge is 0.408 e. The first-order chi connectivity index (χ1) is 16.4. The number of hydrogen-bond acceptors (Lipinski definition) is 4. The highest BCUT2D eigenvalue weighted by Crippen LogP contribution is 2.51. The number of oxazole rings is 1. The molecule has 34 heavy (non-hydrogen) atoms. The van der Waals surface area contributed by atoms with Gasteiger partial charge < -0.3 is 19.5 Å². The minimum atomic E-state index is -0.543. The van der Waals surface area contributed by atoms with E-state index in [1.807, 2.05) is 15.9 Å². The number of carbonyl (C=O) groups excluding carboxylic acids is 2. The molecule has 2 N–H and O–H groups in total. The van der Waals surface area contributed by atoms with Crippen molar-refractivity contribution in [3.05, 3.63) is 67.6 Å². The number of benzene rings is 2. The standard InChI is InChI=1S/C24H22Cl2N4O4/c25-14-5-13-9-29(4-3-15(13)19(26)7-14)24(33)30-10-17-16(18(17)11-30)8-27-22(31)12-1-2-20-21(6-12)34-23(32)28-20/h1-2,5-7,16-18H,3-4,8-11H2,(H,27,31)(H,28,32)/t16?,17-,18+. The third-order valence-corrected chi connectivity index (χ3v) is 7.89. The Balaban J connectivity index is 1.02. The molecule has 1 saturated carbocycles. The second-order valence-corrected chi connectivity index (χ2v) is 10.2. The number of rotatable bonds is 3. The number of carbonyl (C=O) groups is 2. The number of halogens is 2. The number of fused-ring (bicyclic) bond motifs is 3. The summed E-state index contributed by atoms with van der Waals surface area (Å²) in [7, 11) is 0.